The molecule has 1 heterocycles. The summed E-state index contributed by atoms with van der Waals surface area (Å²) in [4.78, 5) is 0. The van der Waals surface area contributed by atoms with Crippen LogP contribution in [0.25, 0.3) is 0 Å². The van der Waals surface area contributed by atoms with Gasteiger partial charge in [-0.25, -0.2) is 0 Å². The molecule has 1 saturated carbocycles. The Bertz CT molecular complexity index is 355. The topological polar surface area (TPSA) is 47.0 Å². The summed E-state index contributed by atoms with van der Waals surface area (Å²) < 4.78 is 9.89. The highest BCUT2D eigenvalue weighted by atomic mass is 32.1. The van der Waals surface area contributed by atoms with Crippen LogP contribution in [-0.4, -0.2) is 22.7 Å². The van der Waals surface area contributed by atoms with E-state index in [0.29, 0.717) is 12.7 Å². The van der Waals surface area contributed by atoms with E-state index in [2.05, 4.69) is 28.8 Å². The van der Waals surface area contributed by atoms with Crippen LogP contribution < -0.4 is 5.32 Å². The van der Waals surface area contributed by atoms with Gasteiger partial charge in [0.05, 0.1) is 12.7 Å². The number of ether oxygens (including phenoxy) is 1. The zero-order valence-corrected chi connectivity index (χ0v) is 11.6. The molecule has 1 aliphatic rings. The number of rotatable bonds is 4. The molecule has 1 aromatic heterocycles. The van der Waals surface area contributed by atoms with E-state index in [1.54, 1.807) is 0 Å². The van der Waals surface area contributed by atoms with Crippen LogP contribution in [0.4, 0.5) is 5.00 Å². The molecule has 96 valence electrons. The largest absolute Gasteiger partial charge is 0.377 e. The van der Waals surface area contributed by atoms with E-state index >= 15 is 0 Å². The number of anilines is 1. The molecular formula is C12H21N3OS. The summed E-state index contributed by atoms with van der Waals surface area (Å²) in [6.07, 6.45) is 4.03. The van der Waals surface area contributed by atoms with E-state index in [1.807, 2.05) is 7.05 Å². The predicted octanol–water partition coefficient (Wildman–Crippen LogP) is 2.92. The first-order chi connectivity index (χ1) is 8.20. The molecule has 0 bridgehead atoms. The van der Waals surface area contributed by atoms with Crippen molar-refractivity contribution in [1.29, 1.82) is 0 Å². The summed E-state index contributed by atoms with van der Waals surface area (Å²) in [5.41, 5.74) is 0.934. The molecule has 3 atom stereocenters. The Morgan fingerprint density at radius 2 is 2.18 bits per heavy atom. The second-order valence-corrected chi connectivity index (χ2v) is 5.75. The van der Waals surface area contributed by atoms with Gasteiger partial charge in [-0.15, -0.1) is 5.10 Å². The average molecular weight is 255 g/mol. The highest BCUT2D eigenvalue weighted by Crippen LogP contribution is 2.31. The van der Waals surface area contributed by atoms with Crippen LogP contribution in [0.2, 0.25) is 0 Å². The summed E-state index contributed by atoms with van der Waals surface area (Å²) in [5.74, 6) is 1.61. The summed E-state index contributed by atoms with van der Waals surface area (Å²) >= 11 is 1.38. The second kappa shape index (κ2) is 5.78. The van der Waals surface area contributed by atoms with Crippen LogP contribution in [0.15, 0.2) is 0 Å². The first kappa shape index (κ1) is 12.8. The summed E-state index contributed by atoms with van der Waals surface area (Å²) in [6, 6.07) is 0. The molecular weight excluding hydrogens is 234 g/mol. The SMILES string of the molecule is CNc1snnc1COC1CCC(C)C(C)C1. The van der Waals surface area contributed by atoms with Gasteiger partial charge in [-0.2, -0.15) is 0 Å². The Kier molecular flexibility index (Phi) is 4.34. The third-order valence-electron chi connectivity index (χ3n) is 3.79. The zero-order valence-electron chi connectivity index (χ0n) is 10.8. The lowest BCUT2D eigenvalue weighted by Crippen LogP contribution is -2.26. The van der Waals surface area contributed by atoms with Gasteiger partial charge in [0.1, 0.15) is 10.7 Å². The van der Waals surface area contributed by atoms with Crippen molar-refractivity contribution < 1.29 is 4.74 Å². The Labute approximate surface area is 107 Å². The van der Waals surface area contributed by atoms with Crippen LogP contribution in [0, 0.1) is 11.8 Å². The molecule has 4 nitrogen and oxygen atoms in total. The van der Waals surface area contributed by atoms with Crippen molar-refractivity contribution in [2.45, 2.75) is 45.8 Å². The van der Waals surface area contributed by atoms with Gasteiger partial charge in [-0.1, -0.05) is 18.3 Å². The van der Waals surface area contributed by atoms with Gasteiger partial charge in [0.2, 0.25) is 0 Å². The molecule has 5 heteroatoms. The number of hydrogen-bond donors (Lipinski definition) is 1. The molecule has 0 saturated heterocycles. The van der Waals surface area contributed by atoms with Crippen molar-refractivity contribution in [3.63, 3.8) is 0 Å². The van der Waals surface area contributed by atoms with Crippen LogP contribution >= 0.6 is 11.5 Å². The molecule has 0 aliphatic heterocycles. The van der Waals surface area contributed by atoms with Gasteiger partial charge in [-0.05, 0) is 31.1 Å². The molecule has 1 aromatic rings. The molecule has 3 unspecified atom stereocenters. The molecule has 1 aliphatic carbocycles. The monoisotopic (exact) mass is 255 g/mol. The van der Waals surface area contributed by atoms with E-state index < -0.39 is 0 Å². The van der Waals surface area contributed by atoms with E-state index in [1.165, 1.54) is 30.8 Å². The standard InChI is InChI=1S/C12H21N3OS/c1-8-4-5-10(6-9(8)2)16-7-11-12(13-3)17-15-14-11/h8-10,13H,4-7H2,1-3H3. The van der Waals surface area contributed by atoms with E-state index in [4.69, 9.17) is 4.74 Å². The number of nitrogens with one attached hydrogen (secondary N) is 1. The average Bonchev–Trinajstić information content (AvgIpc) is 2.78. The lowest BCUT2D eigenvalue weighted by molar-refractivity contribution is -0.00854. The summed E-state index contributed by atoms with van der Waals surface area (Å²) in [5, 5.41) is 8.20. The van der Waals surface area contributed by atoms with Gasteiger partial charge in [-0.3, -0.25) is 0 Å². The first-order valence-corrected chi connectivity index (χ1v) is 7.08. The van der Waals surface area contributed by atoms with E-state index in [0.717, 1.165) is 22.5 Å². The molecule has 0 aromatic carbocycles. The number of aromatic nitrogens is 2. The fraction of sp³-hybridized carbons (Fsp3) is 0.833. The maximum atomic E-state index is 5.95. The number of nitrogens with zero attached hydrogens (tertiary/aromatic N) is 2. The van der Waals surface area contributed by atoms with Gasteiger partial charge >= 0.3 is 0 Å². The quantitative estimate of drug-likeness (QED) is 0.898. The smallest absolute Gasteiger partial charge is 0.135 e. The lowest BCUT2D eigenvalue weighted by Gasteiger charge is -2.31. The minimum absolute atomic E-state index is 0.396. The predicted molar refractivity (Wildman–Crippen MR) is 70.2 cm³/mol. The molecule has 2 rings (SSSR count). The van der Waals surface area contributed by atoms with Crippen molar-refractivity contribution in [3.05, 3.63) is 5.69 Å². The Morgan fingerprint density at radius 3 is 2.88 bits per heavy atom. The maximum Gasteiger partial charge on any atom is 0.135 e. The van der Waals surface area contributed by atoms with Crippen molar-refractivity contribution in [2.75, 3.05) is 12.4 Å². The molecule has 1 N–H and O–H groups in total. The molecule has 17 heavy (non-hydrogen) atoms. The molecule has 0 radical (unpaired) electrons. The van der Waals surface area contributed by atoms with Gasteiger partial charge in [0.15, 0.2) is 0 Å². The van der Waals surface area contributed by atoms with E-state index in [9.17, 15) is 0 Å². The minimum Gasteiger partial charge on any atom is -0.377 e. The third-order valence-corrected chi connectivity index (χ3v) is 4.57. The Hall–Kier alpha value is -0.680. The minimum atomic E-state index is 0.396. The maximum absolute atomic E-state index is 5.95. The van der Waals surface area contributed by atoms with Crippen LogP contribution in [0.3, 0.4) is 0 Å². The lowest BCUT2D eigenvalue weighted by atomic mass is 9.80. The molecule has 0 amide bonds. The van der Waals surface area contributed by atoms with Crippen molar-refractivity contribution >= 4 is 16.5 Å². The van der Waals surface area contributed by atoms with Crippen molar-refractivity contribution in [1.82, 2.24) is 9.59 Å². The van der Waals surface area contributed by atoms with Crippen LogP contribution in [-0.2, 0) is 11.3 Å². The highest BCUT2D eigenvalue weighted by molar-refractivity contribution is 7.10. The fourth-order valence-electron chi connectivity index (χ4n) is 2.34. The first-order valence-electron chi connectivity index (χ1n) is 6.31. The normalized spacial score (nSPS) is 29.2. The van der Waals surface area contributed by atoms with Crippen molar-refractivity contribution in [2.24, 2.45) is 11.8 Å². The van der Waals surface area contributed by atoms with Gasteiger partial charge < -0.3 is 10.1 Å². The fourth-order valence-corrected chi connectivity index (χ4v) is 2.86. The molecule has 0 spiro atoms. The summed E-state index contributed by atoms with van der Waals surface area (Å²) in [6.45, 7) is 5.24. The Morgan fingerprint density at radius 1 is 1.35 bits per heavy atom. The third kappa shape index (κ3) is 3.16. The summed E-state index contributed by atoms with van der Waals surface area (Å²) in [7, 11) is 1.89. The number of hydrogen-bond acceptors (Lipinski definition) is 5. The molecule has 1 fully saturated rings. The van der Waals surface area contributed by atoms with Gasteiger partial charge in [0.25, 0.3) is 0 Å². The highest BCUT2D eigenvalue weighted by Gasteiger charge is 2.25. The Balaban J connectivity index is 1.82. The van der Waals surface area contributed by atoms with E-state index in [-0.39, 0.29) is 0 Å². The second-order valence-electron chi connectivity index (χ2n) is 5.00. The van der Waals surface area contributed by atoms with Crippen LogP contribution in [0.1, 0.15) is 38.8 Å². The van der Waals surface area contributed by atoms with Gasteiger partial charge in [0, 0.05) is 18.6 Å². The van der Waals surface area contributed by atoms with Crippen molar-refractivity contribution in [3.8, 4) is 0 Å². The zero-order chi connectivity index (χ0) is 12.3. The van der Waals surface area contributed by atoms with Crippen LogP contribution in [0.5, 0.6) is 0 Å².